The Balaban J connectivity index is 0.00000235. The van der Waals surface area contributed by atoms with Gasteiger partial charge in [0, 0.05) is 19.0 Å². The van der Waals surface area contributed by atoms with Crippen LogP contribution in [-0.4, -0.2) is 44.4 Å². The molecule has 9 nitrogen and oxygen atoms in total. The Bertz CT molecular complexity index is 1170. The molecule has 1 heterocycles. The number of hydrogen-bond donors (Lipinski definition) is 2. The molecule has 0 radical (unpaired) electrons. The van der Waals surface area contributed by atoms with E-state index in [1.165, 1.54) is 27.3 Å². The maximum atomic E-state index is 13.8. The van der Waals surface area contributed by atoms with Crippen molar-refractivity contribution in [1.82, 2.24) is 14.5 Å². The Hall–Kier alpha value is -3.10. The molecule has 2 unspecified atom stereocenters. The zero-order valence-electron chi connectivity index (χ0n) is 23.5. The van der Waals surface area contributed by atoms with Gasteiger partial charge in [0.15, 0.2) is 0 Å². The number of amides is 1. The smallest absolute Gasteiger partial charge is 0.407 e. The Kier molecular flexibility index (Phi) is 10.1. The molecule has 9 heteroatoms. The first-order valence-electron chi connectivity index (χ1n) is 13.3. The molecule has 206 valence electrons. The number of aromatic nitrogens is 2. The Labute approximate surface area is 219 Å². The highest BCUT2D eigenvalue weighted by atomic mass is 16.6. The van der Waals surface area contributed by atoms with Crippen LogP contribution >= 0.6 is 0 Å². The average molecular weight is 518 g/mol. The van der Waals surface area contributed by atoms with Gasteiger partial charge in [0.1, 0.15) is 5.60 Å². The van der Waals surface area contributed by atoms with Gasteiger partial charge >= 0.3 is 17.8 Å². The van der Waals surface area contributed by atoms with Crippen LogP contribution in [0.15, 0.2) is 23.0 Å². The lowest BCUT2D eigenvalue weighted by Gasteiger charge is -2.36. The second-order valence-electron chi connectivity index (χ2n) is 11.0. The normalized spacial score (nSPS) is 19.8. The fourth-order valence-electron chi connectivity index (χ4n) is 5.05. The quantitative estimate of drug-likeness (QED) is 0.529. The number of benzene rings is 1. The van der Waals surface area contributed by atoms with E-state index in [9.17, 15) is 24.3 Å². The molecule has 0 spiro atoms. The van der Waals surface area contributed by atoms with E-state index in [2.05, 4.69) is 26.1 Å². The van der Waals surface area contributed by atoms with Crippen LogP contribution in [-0.2, 0) is 11.3 Å². The first-order valence-corrected chi connectivity index (χ1v) is 13.3. The van der Waals surface area contributed by atoms with Gasteiger partial charge < -0.3 is 15.2 Å². The number of hydrogen-bond acceptors (Lipinski definition) is 5. The topological polar surface area (TPSA) is 120 Å². The standard InChI is InChI=1S/C26H37N3O6.C2H6/c1-15(2)18-9-7-16(3)13-19(18)22(30)29-20-10-8-17(23(31)32)14-21(20)28(25(29)34)12-11-27-24(33)35-26(4,5)6;1-2/h8,10,14-16,18-19H,7,9,11-13H2,1-6H3,(H,27,33)(H,31,32);1-2H3/t16?,18-,19?;/m0./s1. The molecule has 1 aliphatic rings. The zero-order chi connectivity index (χ0) is 28.1. The predicted molar refractivity (Wildman–Crippen MR) is 144 cm³/mol. The summed E-state index contributed by atoms with van der Waals surface area (Å²) in [5, 5.41) is 12.1. The highest BCUT2D eigenvalue weighted by Gasteiger charge is 2.37. The van der Waals surface area contributed by atoms with Gasteiger partial charge in [0.2, 0.25) is 5.91 Å². The summed E-state index contributed by atoms with van der Waals surface area (Å²) in [4.78, 5) is 51.0. The molecule has 1 aromatic carbocycles. The molecule has 1 amide bonds. The SMILES string of the molecule is CC.CC1CC[C@@H](C(C)C)C(C(=O)n2c(=O)n(CCNC(=O)OC(C)(C)C)c3cc(C(=O)O)ccc32)C1. The van der Waals surface area contributed by atoms with Crippen molar-refractivity contribution < 1.29 is 24.2 Å². The third-order valence-corrected chi connectivity index (χ3v) is 6.74. The van der Waals surface area contributed by atoms with Crippen LogP contribution in [0, 0.1) is 23.7 Å². The van der Waals surface area contributed by atoms with E-state index in [1.807, 2.05) is 13.8 Å². The van der Waals surface area contributed by atoms with Crippen molar-refractivity contribution in [3.8, 4) is 0 Å². The molecule has 3 rings (SSSR count). The van der Waals surface area contributed by atoms with E-state index in [-0.39, 0.29) is 36.4 Å². The molecule has 3 atom stereocenters. The maximum Gasteiger partial charge on any atom is 0.407 e. The fourth-order valence-corrected chi connectivity index (χ4v) is 5.05. The number of carbonyl (C=O) groups excluding carboxylic acids is 2. The minimum Gasteiger partial charge on any atom is -0.478 e. The lowest BCUT2D eigenvalue weighted by Crippen LogP contribution is -2.41. The number of carboxylic acid groups (broad SMARTS) is 1. The molecule has 1 aromatic heterocycles. The van der Waals surface area contributed by atoms with E-state index in [4.69, 9.17) is 4.74 Å². The van der Waals surface area contributed by atoms with Gasteiger partial charge in [-0.15, -0.1) is 0 Å². The first kappa shape index (κ1) is 30.1. The van der Waals surface area contributed by atoms with E-state index in [1.54, 1.807) is 20.8 Å². The summed E-state index contributed by atoms with van der Waals surface area (Å²) < 4.78 is 7.79. The van der Waals surface area contributed by atoms with Gasteiger partial charge in [0.25, 0.3) is 0 Å². The molecule has 2 aromatic rings. The number of nitrogens with zero attached hydrogens (tertiary/aromatic N) is 2. The van der Waals surface area contributed by atoms with Gasteiger partial charge in [-0.2, -0.15) is 0 Å². The average Bonchev–Trinajstić information content (AvgIpc) is 3.09. The van der Waals surface area contributed by atoms with Crippen molar-refractivity contribution in [2.24, 2.45) is 23.7 Å². The van der Waals surface area contributed by atoms with Gasteiger partial charge in [0.05, 0.1) is 16.6 Å². The van der Waals surface area contributed by atoms with Gasteiger partial charge in [-0.1, -0.05) is 41.0 Å². The summed E-state index contributed by atoms with van der Waals surface area (Å²) in [5.41, 5.74) is -0.451. The number of carboxylic acids is 1. The van der Waals surface area contributed by atoms with Gasteiger partial charge in [-0.3, -0.25) is 9.36 Å². The number of carbonyl (C=O) groups is 3. The highest BCUT2D eigenvalue weighted by molar-refractivity contribution is 5.96. The monoisotopic (exact) mass is 517 g/mol. The maximum absolute atomic E-state index is 13.8. The number of rotatable bonds is 6. The van der Waals surface area contributed by atoms with Gasteiger partial charge in [-0.25, -0.2) is 19.0 Å². The largest absolute Gasteiger partial charge is 0.478 e. The van der Waals surface area contributed by atoms with Crippen molar-refractivity contribution in [1.29, 1.82) is 0 Å². The number of fused-ring (bicyclic) bond motifs is 1. The third kappa shape index (κ3) is 7.23. The van der Waals surface area contributed by atoms with E-state index in [0.29, 0.717) is 29.3 Å². The van der Waals surface area contributed by atoms with Crippen LogP contribution in [0.5, 0.6) is 0 Å². The Morgan fingerprint density at radius 3 is 2.35 bits per heavy atom. The van der Waals surface area contributed by atoms with Crippen molar-refractivity contribution in [2.75, 3.05) is 6.54 Å². The lowest BCUT2D eigenvalue weighted by molar-refractivity contribution is 0.0524. The second kappa shape index (κ2) is 12.4. The molecule has 0 bridgehead atoms. The molecule has 0 saturated heterocycles. The Morgan fingerprint density at radius 1 is 1.14 bits per heavy atom. The summed E-state index contributed by atoms with van der Waals surface area (Å²) in [6, 6.07) is 4.33. The zero-order valence-corrected chi connectivity index (χ0v) is 23.5. The number of imidazole rings is 1. The number of ether oxygens (including phenoxy) is 1. The van der Waals surface area contributed by atoms with Crippen LogP contribution in [0.3, 0.4) is 0 Å². The fraction of sp³-hybridized carbons (Fsp3) is 0.643. The summed E-state index contributed by atoms with van der Waals surface area (Å²) in [7, 11) is 0. The number of alkyl carbamates (subject to hydrolysis) is 1. The van der Waals surface area contributed by atoms with Crippen LogP contribution in [0.4, 0.5) is 4.79 Å². The lowest BCUT2D eigenvalue weighted by atomic mass is 9.69. The summed E-state index contributed by atoms with van der Waals surface area (Å²) in [5.74, 6) is -0.785. The highest BCUT2D eigenvalue weighted by Crippen LogP contribution is 2.39. The van der Waals surface area contributed by atoms with Crippen LogP contribution in [0.25, 0.3) is 11.0 Å². The van der Waals surface area contributed by atoms with Crippen molar-refractivity contribution in [3.63, 3.8) is 0 Å². The minimum absolute atomic E-state index is 0.0160. The molecular weight excluding hydrogens is 474 g/mol. The van der Waals surface area contributed by atoms with Crippen LogP contribution in [0.1, 0.15) is 89.8 Å². The van der Waals surface area contributed by atoms with Crippen molar-refractivity contribution >= 4 is 29.0 Å². The summed E-state index contributed by atoms with van der Waals surface area (Å²) in [6.07, 6.45) is 2.09. The van der Waals surface area contributed by atoms with E-state index in [0.717, 1.165) is 12.8 Å². The van der Waals surface area contributed by atoms with Crippen LogP contribution < -0.4 is 11.0 Å². The van der Waals surface area contributed by atoms with Crippen molar-refractivity contribution in [2.45, 2.75) is 86.8 Å². The van der Waals surface area contributed by atoms with Crippen LogP contribution in [0.2, 0.25) is 0 Å². The van der Waals surface area contributed by atoms with Crippen molar-refractivity contribution in [3.05, 3.63) is 34.2 Å². The molecular formula is C28H43N3O6. The summed E-state index contributed by atoms with van der Waals surface area (Å²) >= 11 is 0. The first-order chi connectivity index (χ1) is 17.3. The number of nitrogens with one attached hydrogen (secondary N) is 1. The molecule has 2 N–H and O–H groups in total. The predicted octanol–water partition coefficient (Wildman–Crippen LogP) is 5.40. The van der Waals surface area contributed by atoms with E-state index >= 15 is 0 Å². The molecule has 1 fully saturated rings. The van der Waals surface area contributed by atoms with Gasteiger partial charge in [-0.05, 0) is 69.6 Å². The number of aromatic carboxylic acids is 1. The second-order valence-corrected chi connectivity index (χ2v) is 11.0. The third-order valence-electron chi connectivity index (χ3n) is 6.74. The summed E-state index contributed by atoms with van der Waals surface area (Å²) in [6.45, 7) is 15.7. The minimum atomic E-state index is -1.13. The molecule has 1 aliphatic carbocycles. The molecule has 37 heavy (non-hydrogen) atoms. The Morgan fingerprint density at radius 2 is 1.78 bits per heavy atom. The van der Waals surface area contributed by atoms with E-state index < -0.39 is 23.4 Å². The molecule has 1 saturated carbocycles. The molecule has 0 aliphatic heterocycles.